The second-order valence-electron chi connectivity index (χ2n) is 5.14. The Morgan fingerprint density at radius 2 is 2.13 bits per heavy atom. The molecule has 124 valence electrons. The third kappa shape index (κ3) is 5.04. The average Bonchev–Trinajstić information content (AvgIpc) is 3.02. The van der Waals surface area contributed by atoms with Crippen LogP contribution in [-0.2, 0) is 17.8 Å². The smallest absolute Gasteiger partial charge is 0.238 e. The van der Waals surface area contributed by atoms with Gasteiger partial charge in [-0.25, -0.2) is 4.98 Å². The van der Waals surface area contributed by atoms with E-state index in [0.717, 1.165) is 23.7 Å². The number of likely N-dealkylation sites (N-methyl/N-ethyl adjacent to an activating group) is 1. The minimum absolute atomic E-state index is 0.0534. The van der Waals surface area contributed by atoms with Gasteiger partial charge in [0.1, 0.15) is 5.75 Å². The number of rotatable bonds is 8. The van der Waals surface area contributed by atoms with Crippen LogP contribution in [0.25, 0.3) is 0 Å². The number of nitrogens with one attached hydrogen (secondary N) is 1. The summed E-state index contributed by atoms with van der Waals surface area (Å²) in [6.07, 6.45) is 0.949. The second-order valence-corrected chi connectivity index (χ2v) is 6.08. The molecule has 0 spiro atoms. The van der Waals surface area contributed by atoms with Gasteiger partial charge >= 0.3 is 0 Å². The van der Waals surface area contributed by atoms with E-state index in [2.05, 4.69) is 27.5 Å². The standard InChI is InChI=1S/C17H23N3O2S/c1-4-17-18-13(12-23-17)10-20(5-2)11-16(21)19-14-8-6-7-9-15(14)22-3/h6-9,12H,4-5,10-11H2,1-3H3,(H,19,21). The third-order valence-corrected chi connectivity index (χ3v) is 4.52. The molecule has 0 fully saturated rings. The lowest BCUT2D eigenvalue weighted by Crippen LogP contribution is -2.33. The van der Waals surface area contributed by atoms with E-state index in [4.69, 9.17) is 4.74 Å². The molecule has 0 aliphatic rings. The number of hydrogen-bond donors (Lipinski definition) is 1. The Balaban J connectivity index is 1.94. The highest BCUT2D eigenvalue weighted by Gasteiger charge is 2.13. The summed E-state index contributed by atoms with van der Waals surface area (Å²) >= 11 is 1.67. The highest BCUT2D eigenvalue weighted by atomic mass is 32.1. The normalized spacial score (nSPS) is 10.8. The lowest BCUT2D eigenvalue weighted by Gasteiger charge is -2.19. The number of aromatic nitrogens is 1. The molecule has 23 heavy (non-hydrogen) atoms. The molecule has 0 aliphatic carbocycles. The maximum atomic E-state index is 12.3. The van der Waals surface area contributed by atoms with Crippen LogP contribution in [0.3, 0.4) is 0 Å². The Morgan fingerprint density at radius 1 is 1.35 bits per heavy atom. The SMILES string of the molecule is CCc1nc(CN(CC)CC(=O)Nc2ccccc2OC)cs1. The average molecular weight is 333 g/mol. The van der Waals surface area contributed by atoms with Crippen LogP contribution in [-0.4, -0.2) is 36.0 Å². The Bertz CT molecular complexity index is 642. The molecule has 1 aromatic heterocycles. The molecule has 1 aromatic carbocycles. The molecule has 0 unspecified atom stereocenters. The number of methoxy groups -OCH3 is 1. The van der Waals surface area contributed by atoms with Crippen molar-refractivity contribution in [3.63, 3.8) is 0 Å². The number of thiazole rings is 1. The number of aryl methyl sites for hydroxylation is 1. The minimum Gasteiger partial charge on any atom is -0.495 e. The molecule has 1 amide bonds. The number of carbonyl (C=O) groups excluding carboxylic acids is 1. The summed E-state index contributed by atoms with van der Waals surface area (Å²) < 4.78 is 5.25. The lowest BCUT2D eigenvalue weighted by atomic mass is 10.3. The molecule has 0 bridgehead atoms. The quantitative estimate of drug-likeness (QED) is 0.806. The van der Waals surface area contributed by atoms with E-state index in [1.54, 1.807) is 18.4 Å². The van der Waals surface area contributed by atoms with Crippen LogP contribution in [0.4, 0.5) is 5.69 Å². The van der Waals surface area contributed by atoms with Crippen LogP contribution >= 0.6 is 11.3 Å². The first-order valence-electron chi connectivity index (χ1n) is 7.74. The van der Waals surface area contributed by atoms with E-state index < -0.39 is 0 Å². The van der Waals surface area contributed by atoms with Crippen molar-refractivity contribution >= 4 is 22.9 Å². The van der Waals surface area contributed by atoms with Crippen molar-refractivity contribution < 1.29 is 9.53 Å². The number of para-hydroxylation sites is 2. The van der Waals surface area contributed by atoms with Crippen LogP contribution in [0.2, 0.25) is 0 Å². The van der Waals surface area contributed by atoms with Gasteiger partial charge < -0.3 is 10.1 Å². The third-order valence-electron chi connectivity index (χ3n) is 3.48. The summed E-state index contributed by atoms with van der Waals surface area (Å²) in [6, 6.07) is 7.41. The summed E-state index contributed by atoms with van der Waals surface area (Å²) in [5, 5.41) is 6.11. The van der Waals surface area contributed by atoms with Crippen molar-refractivity contribution in [2.24, 2.45) is 0 Å². The first kappa shape index (κ1) is 17.4. The van der Waals surface area contributed by atoms with Gasteiger partial charge in [-0.3, -0.25) is 9.69 Å². The fourth-order valence-corrected chi connectivity index (χ4v) is 2.97. The summed E-state index contributed by atoms with van der Waals surface area (Å²) in [5.41, 5.74) is 1.72. The molecular weight excluding hydrogens is 310 g/mol. The number of amides is 1. The van der Waals surface area contributed by atoms with Crippen molar-refractivity contribution in [3.05, 3.63) is 40.3 Å². The molecule has 6 heteroatoms. The van der Waals surface area contributed by atoms with E-state index in [1.807, 2.05) is 31.2 Å². The van der Waals surface area contributed by atoms with E-state index in [1.165, 1.54) is 0 Å². The number of carbonyl (C=O) groups is 1. The van der Waals surface area contributed by atoms with Crippen molar-refractivity contribution in [3.8, 4) is 5.75 Å². The fraction of sp³-hybridized carbons (Fsp3) is 0.412. The van der Waals surface area contributed by atoms with Crippen LogP contribution in [0, 0.1) is 0 Å². The van der Waals surface area contributed by atoms with E-state index in [0.29, 0.717) is 24.5 Å². The second kappa shape index (κ2) is 8.64. The largest absolute Gasteiger partial charge is 0.495 e. The zero-order valence-corrected chi connectivity index (χ0v) is 14.7. The van der Waals surface area contributed by atoms with Gasteiger partial charge in [-0.05, 0) is 25.1 Å². The summed E-state index contributed by atoms with van der Waals surface area (Å²) in [6.45, 7) is 5.95. The van der Waals surface area contributed by atoms with Crippen LogP contribution in [0.1, 0.15) is 24.5 Å². The van der Waals surface area contributed by atoms with Crippen LogP contribution in [0.15, 0.2) is 29.6 Å². The molecule has 0 saturated carbocycles. The Labute approximate surface area is 141 Å². The van der Waals surface area contributed by atoms with Crippen molar-refractivity contribution in [1.82, 2.24) is 9.88 Å². The van der Waals surface area contributed by atoms with Crippen molar-refractivity contribution in [1.29, 1.82) is 0 Å². The zero-order valence-electron chi connectivity index (χ0n) is 13.8. The number of anilines is 1. The van der Waals surface area contributed by atoms with Gasteiger partial charge in [0.25, 0.3) is 0 Å². The molecule has 5 nitrogen and oxygen atoms in total. The number of benzene rings is 1. The van der Waals surface area contributed by atoms with E-state index in [-0.39, 0.29) is 5.91 Å². The van der Waals surface area contributed by atoms with Gasteiger partial charge in [-0.1, -0.05) is 26.0 Å². The van der Waals surface area contributed by atoms with Gasteiger partial charge in [0.15, 0.2) is 0 Å². The first-order chi connectivity index (χ1) is 11.2. The minimum atomic E-state index is -0.0534. The molecular formula is C17H23N3O2S. The Hall–Kier alpha value is -1.92. The molecule has 0 radical (unpaired) electrons. The number of hydrogen-bond acceptors (Lipinski definition) is 5. The van der Waals surface area contributed by atoms with E-state index >= 15 is 0 Å². The van der Waals surface area contributed by atoms with Gasteiger partial charge in [0.05, 0.1) is 30.0 Å². The number of nitrogens with zero attached hydrogens (tertiary/aromatic N) is 2. The van der Waals surface area contributed by atoms with Gasteiger partial charge in [-0.2, -0.15) is 0 Å². The monoisotopic (exact) mass is 333 g/mol. The molecule has 1 N–H and O–H groups in total. The maximum absolute atomic E-state index is 12.3. The summed E-state index contributed by atoms with van der Waals surface area (Å²) in [4.78, 5) is 18.9. The lowest BCUT2D eigenvalue weighted by molar-refractivity contribution is -0.117. The van der Waals surface area contributed by atoms with E-state index in [9.17, 15) is 4.79 Å². The molecule has 0 saturated heterocycles. The van der Waals surface area contributed by atoms with Crippen molar-refractivity contribution in [2.45, 2.75) is 26.8 Å². The highest BCUT2D eigenvalue weighted by Crippen LogP contribution is 2.22. The topological polar surface area (TPSA) is 54.5 Å². The molecule has 0 aliphatic heterocycles. The van der Waals surface area contributed by atoms with Gasteiger partial charge in [-0.15, -0.1) is 11.3 Å². The van der Waals surface area contributed by atoms with Crippen LogP contribution in [0.5, 0.6) is 5.75 Å². The predicted octanol–water partition coefficient (Wildman–Crippen LogP) is 3.17. The fourth-order valence-electron chi connectivity index (χ4n) is 2.23. The first-order valence-corrected chi connectivity index (χ1v) is 8.62. The summed E-state index contributed by atoms with van der Waals surface area (Å²) in [7, 11) is 1.59. The van der Waals surface area contributed by atoms with Crippen LogP contribution < -0.4 is 10.1 Å². The van der Waals surface area contributed by atoms with Gasteiger partial charge in [0.2, 0.25) is 5.91 Å². The Morgan fingerprint density at radius 3 is 2.78 bits per heavy atom. The molecule has 2 rings (SSSR count). The Kier molecular flexibility index (Phi) is 6.55. The molecule has 2 aromatic rings. The van der Waals surface area contributed by atoms with Crippen molar-refractivity contribution in [2.75, 3.05) is 25.5 Å². The predicted molar refractivity (Wildman–Crippen MR) is 94.1 cm³/mol. The highest BCUT2D eigenvalue weighted by molar-refractivity contribution is 7.09. The molecule has 0 atom stereocenters. The summed E-state index contributed by atoms with van der Waals surface area (Å²) in [5.74, 6) is 0.610. The molecule has 1 heterocycles. The van der Waals surface area contributed by atoms with Gasteiger partial charge in [0, 0.05) is 11.9 Å². The zero-order chi connectivity index (χ0) is 16.7. The number of ether oxygens (including phenoxy) is 1. The maximum Gasteiger partial charge on any atom is 0.238 e.